The largest absolute Gasteiger partial charge is 0.490 e. The lowest BCUT2D eigenvalue weighted by atomic mass is 10.1. The van der Waals surface area contributed by atoms with Gasteiger partial charge in [0.2, 0.25) is 11.7 Å². The van der Waals surface area contributed by atoms with Crippen molar-refractivity contribution < 1.29 is 19.0 Å². The Balaban J connectivity index is 3.08. The van der Waals surface area contributed by atoms with Gasteiger partial charge in [-0.3, -0.25) is 4.79 Å². The van der Waals surface area contributed by atoms with E-state index in [2.05, 4.69) is 20.8 Å². The Morgan fingerprint density at radius 1 is 0.821 bits per heavy atom. The highest BCUT2D eigenvalue weighted by Gasteiger charge is 2.17. The quantitative estimate of drug-likeness (QED) is 0.382. The molecule has 0 aromatic heterocycles. The van der Waals surface area contributed by atoms with E-state index in [1.165, 1.54) is 0 Å². The van der Waals surface area contributed by atoms with E-state index in [4.69, 9.17) is 14.2 Å². The molecule has 0 atom stereocenters. The van der Waals surface area contributed by atoms with Gasteiger partial charge >= 0.3 is 0 Å². The molecule has 0 radical (unpaired) electrons. The summed E-state index contributed by atoms with van der Waals surface area (Å²) >= 11 is 0. The Labute approximate surface area is 171 Å². The van der Waals surface area contributed by atoms with Gasteiger partial charge < -0.3 is 19.1 Å². The zero-order valence-electron chi connectivity index (χ0n) is 18.5. The molecule has 0 saturated heterocycles. The van der Waals surface area contributed by atoms with Crippen LogP contribution in [-0.4, -0.2) is 44.7 Å². The molecule has 0 bridgehead atoms. The van der Waals surface area contributed by atoms with E-state index < -0.39 is 0 Å². The van der Waals surface area contributed by atoms with Crippen LogP contribution in [-0.2, 0) is 11.2 Å². The lowest BCUT2D eigenvalue weighted by Gasteiger charge is -2.19. The van der Waals surface area contributed by atoms with Crippen molar-refractivity contribution in [2.24, 2.45) is 0 Å². The number of carbonyl (C=O) groups is 1. The van der Waals surface area contributed by atoms with E-state index in [0.717, 1.165) is 55.6 Å². The fourth-order valence-electron chi connectivity index (χ4n) is 2.58. The average molecular weight is 394 g/mol. The Morgan fingerprint density at radius 3 is 1.71 bits per heavy atom. The molecule has 5 nitrogen and oxygen atoms in total. The van der Waals surface area contributed by atoms with Crippen LogP contribution in [0, 0.1) is 0 Å². The van der Waals surface area contributed by atoms with Gasteiger partial charge in [-0.25, -0.2) is 0 Å². The summed E-state index contributed by atoms with van der Waals surface area (Å²) in [6.07, 6.45) is 7.30. The molecule has 5 heteroatoms. The summed E-state index contributed by atoms with van der Waals surface area (Å²) in [5.74, 6) is 2.27. The topological polar surface area (TPSA) is 48.0 Å². The van der Waals surface area contributed by atoms with Crippen LogP contribution in [0.5, 0.6) is 17.2 Å². The van der Waals surface area contributed by atoms with Crippen LogP contribution in [0.15, 0.2) is 12.1 Å². The Hall–Kier alpha value is -1.91. The SMILES string of the molecule is CCCCOc1cc(CCC(=O)N(C)C)cc(OCCCC)c1OCCCC. The summed E-state index contributed by atoms with van der Waals surface area (Å²) in [6, 6.07) is 4.01. The third-order valence-corrected chi connectivity index (χ3v) is 4.46. The Kier molecular flexibility index (Phi) is 12.2. The van der Waals surface area contributed by atoms with E-state index in [9.17, 15) is 4.79 Å². The molecule has 0 saturated carbocycles. The second-order valence-corrected chi connectivity index (χ2v) is 7.32. The highest BCUT2D eigenvalue weighted by Crippen LogP contribution is 2.40. The molecule has 0 unspecified atom stereocenters. The fraction of sp³-hybridized carbons (Fsp3) is 0.696. The lowest BCUT2D eigenvalue weighted by Crippen LogP contribution is -2.21. The molecule has 1 rings (SSSR count). The third-order valence-electron chi connectivity index (χ3n) is 4.46. The normalized spacial score (nSPS) is 10.6. The number of rotatable bonds is 15. The van der Waals surface area contributed by atoms with Gasteiger partial charge in [0.15, 0.2) is 11.5 Å². The number of hydrogen-bond donors (Lipinski definition) is 0. The van der Waals surface area contributed by atoms with Crippen molar-refractivity contribution in [1.82, 2.24) is 4.90 Å². The maximum Gasteiger partial charge on any atom is 0.222 e. The monoisotopic (exact) mass is 393 g/mol. The van der Waals surface area contributed by atoms with Crippen molar-refractivity contribution in [3.63, 3.8) is 0 Å². The molecule has 1 aromatic rings. The third kappa shape index (κ3) is 8.85. The Morgan fingerprint density at radius 2 is 1.29 bits per heavy atom. The van der Waals surface area contributed by atoms with Crippen LogP contribution >= 0.6 is 0 Å². The molecule has 0 fully saturated rings. The molecule has 0 aliphatic heterocycles. The summed E-state index contributed by atoms with van der Waals surface area (Å²) < 4.78 is 18.2. The van der Waals surface area contributed by atoms with Crippen LogP contribution in [0.4, 0.5) is 0 Å². The van der Waals surface area contributed by atoms with Gasteiger partial charge in [0.25, 0.3) is 0 Å². The molecule has 28 heavy (non-hydrogen) atoms. The fourth-order valence-corrected chi connectivity index (χ4v) is 2.58. The second-order valence-electron chi connectivity index (χ2n) is 7.32. The zero-order chi connectivity index (χ0) is 20.8. The van der Waals surface area contributed by atoms with Gasteiger partial charge in [0.1, 0.15) is 0 Å². The van der Waals surface area contributed by atoms with E-state index in [1.54, 1.807) is 19.0 Å². The van der Waals surface area contributed by atoms with Crippen molar-refractivity contribution in [3.05, 3.63) is 17.7 Å². The number of aryl methyl sites for hydroxylation is 1. The van der Waals surface area contributed by atoms with E-state index >= 15 is 0 Å². The van der Waals surface area contributed by atoms with Crippen molar-refractivity contribution >= 4 is 5.91 Å². The molecule has 0 heterocycles. The molecule has 0 aliphatic carbocycles. The van der Waals surface area contributed by atoms with Crippen LogP contribution in [0.3, 0.4) is 0 Å². The van der Waals surface area contributed by atoms with Gasteiger partial charge in [-0.15, -0.1) is 0 Å². The maximum absolute atomic E-state index is 12.0. The summed E-state index contributed by atoms with van der Waals surface area (Å²) in [7, 11) is 3.57. The molecule has 0 N–H and O–H groups in total. The molecule has 1 amide bonds. The van der Waals surface area contributed by atoms with Crippen LogP contribution in [0.25, 0.3) is 0 Å². The number of amides is 1. The number of unbranched alkanes of at least 4 members (excludes halogenated alkanes) is 3. The average Bonchev–Trinajstić information content (AvgIpc) is 2.68. The van der Waals surface area contributed by atoms with Crippen molar-refractivity contribution in [1.29, 1.82) is 0 Å². The maximum atomic E-state index is 12.0. The Bertz CT molecular complexity index is 541. The molecule has 0 aliphatic rings. The van der Waals surface area contributed by atoms with E-state index in [0.29, 0.717) is 38.4 Å². The number of benzene rings is 1. The number of nitrogens with zero attached hydrogens (tertiary/aromatic N) is 1. The van der Waals surface area contributed by atoms with E-state index in [-0.39, 0.29) is 5.91 Å². The van der Waals surface area contributed by atoms with Crippen molar-refractivity contribution in [3.8, 4) is 17.2 Å². The predicted octanol–water partition coefficient (Wildman–Crippen LogP) is 5.24. The van der Waals surface area contributed by atoms with Crippen molar-refractivity contribution in [2.45, 2.75) is 72.1 Å². The smallest absolute Gasteiger partial charge is 0.222 e. The first-order valence-electron chi connectivity index (χ1n) is 10.8. The lowest BCUT2D eigenvalue weighted by molar-refractivity contribution is -0.128. The van der Waals surface area contributed by atoms with Gasteiger partial charge in [-0.05, 0) is 43.4 Å². The van der Waals surface area contributed by atoms with Gasteiger partial charge in [0, 0.05) is 20.5 Å². The van der Waals surface area contributed by atoms with Gasteiger partial charge in [-0.1, -0.05) is 40.0 Å². The number of hydrogen-bond acceptors (Lipinski definition) is 4. The first kappa shape index (κ1) is 24.1. The van der Waals surface area contributed by atoms with Crippen LogP contribution in [0.1, 0.15) is 71.3 Å². The minimum absolute atomic E-state index is 0.116. The van der Waals surface area contributed by atoms with Crippen LogP contribution in [0.2, 0.25) is 0 Å². The molecular formula is C23H39NO4. The van der Waals surface area contributed by atoms with Gasteiger partial charge in [0.05, 0.1) is 19.8 Å². The minimum atomic E-state index is 0.116. The van der Waals surface area contributed by atoms with Crippen LogP contribution < -0.4 is 14.2 Å². The number of ether oxygens (including phenoxy) is 3. The van der Waals surface area contributed by atoms with E-state index in [1.807, 2.05) is 12.1 Å². The summed E-state index contributed by atoms with van der Waals surface area (Å²) in [6.45, 7) is 8.37. The molecule has 1 aromatic carbocycles. The molecule has 0 spiro atoms. The van der Waals surface area contributed by atoms with Gasteiger partial charge in [-0.2, -0.15) is 0 Å². The zero-order valence-corrected chi connectivity index (χ0v) is 18.5. The predicted molar refractivity (Wildman–Crippen MR) is 115 cm³/mol. The molecule has 160 valence electrons. The van der Waals surface area contributed by atoms with Crippen molar-refractivity contribution in [2.75, 3.05) is 33.9 Å². The highest BCUT2D eigenvalue weighted by molar-refractivity contribution is 5.75. The second kappa shape index (κ2) is 14.1. The highest BCUT2D eigenvalue weighted by atomic mass is 16.5. The molecular weight excluding hydrogens is 354 g/mol. The first-order chi connectivity index (χ1) is 13.5. The number of carbonyl (C=O) groups excluding carboxylic acids is 1. The minimum Gasteiger partial charge on any atom is -0.490 e. The first-order valence-corrected chi connectivity index (χ1v) is 10.8. The summed E-state index contributed by atoms with van der Waals surface area (Å²) in [5.41, 5.74) is 1.04. The summed E-state index contributed by atoms with van der Waals surface area (Å²) in [5, 5.41) is 0. The summed E-state index contributed by atoms with van der Waals surface area (Å²) in [4.78, 5) is 13.6. The standard InChI is InChI=1S/C23H39NO4/c1-6-9-14-26-20-17-19(12-13-22(25)24(4)5)18-21(27-15-10-7-2)23(20)28-16-11-8-3/h17-18H,6-16H2,1-5H3.